The minimum atomic E-state index is -5.17. The van der Waals surface area contributed by atoms with E-state index < -0.39 is 21.7 Å². The van der Waals surface area contributed by atoms with Gasteiger partial charge >= 0.3 is 15.6 Å². The van der Waals surface area contributed by atoms with Crippen molar-refractivity contribution in [2.45, 2.75) is 45.2 Å². The van der Waals surface area contributed by atoms with Crippen LogP contribution in [-0.2, 0) is 24.5 Å². The number of hydrogen-bond donors (Lipinski definition) is 5. The maximum Gasteiger partial charge on any atom is 0.481 e. The maximum absolute atomic E-state index is 11.5. The van der Waals surface area contributed by atoms with E-state index in [4.69, 9.17) is 15.5 Å². The van der Waals surface area contributed by atoms with Crippen molar-refractivity contribution in [2.24, 2.45) is 0 Å². The lowest BCUT2D eigenvalue weighted by molar-refractivity contribution is 0.127. The van der Waals surface area contributed by atoms with Gasteiger partial charge in [0.05, 0.1) is 12.7 Å². The predicted molar refractivity (Wildman–Crippen MR) is 106 cm³/mol. The highest BCUT2D eigenvalue weighted by Crippen LogP contribution is 2.57. The Morgan fingerprint density at radius 1 is 1.34 bits per heavy atom. The Morgan fingerprint density at radius 3 is 2.55 bits per heavy atom. The summed E-state index contributed by atoms with van der Waals surface area (Å²) in [6, 6.07) is 0. The van der Waals surface area contributed by atoms with E-state index in [1.54, 1.807) is 20.0 Å². The Bertz CT molecular complexity index is 877. The molecule has 0 saturated carbocycles. The molecular weight excluding hydrogens is 446 g/mol. The molecule has 29 heavy (non-hydrogen) atoms. The predicted octanol–water partition coefficient (Wildman–Crippen LogP) is 1.47. The summed E-state index contributed by atoms with van der Waals surface area (Å²) in [7, 11) is -10.1. The topological polar surface area (TPSA) is 189 Å². The van der Waals surface area contributed by atoms with Crippen LogP contribution >= 0.6 is 27.4 Å². The van der Waals surface area contributed by atoms with Crippen LogP contribution in [0.25, 0.3) is 0 Å². The third-order valence-corrected chi connectivity index (χ3v) is 7.83. The second-order valence-electron chi connectivity index (χ2n) is 6.34. The Balaban J connectivity index is 2.10. The minimum Gasteiger partial charge on any atom is -0.390 e. The van der Waals surface area contributed by atoms with Gasteiger partial charge in [0.2, 0.25) is 0 Å². The minimum absolute atomic E-state index is 0.172. The molecule has 0 fully saturated rings. The van der Waals surface area contributed by atoms with Crippen LogP contribution in [0.2, 0.25) is 0 Å². The van der Waals surface area contributed by atoms with Gasteiger partial charge in [-0.05, 0) is 20.8 Å². The Hall–Kier alpha value is -1.01. The van der Waals surface area contributed by atoms with Crippen molar-refractivity contribution in [2.75, 3.05) is 12.3 Å². The molecule has 3 atom stereocenters. The molecule has 1 unspecified atom stereocenters. The summed E-state index contributed by atoms with van der Waals surface area (Å²) < 4.78 is 30.6. The lowest BCUT2D eigenvalue weighted by Crippen LogP contribution is -2.35. The number of nitrogens with zero attached hydrogens (tertiary/aromatic N) is 3. The number of aliphatic hydroxyl groups excluding tert-OH is 1. The number of hydrogen-bond acceptors (Lipinski definition) is 10. The van der Waals surface area contributed by atoms with Gasteiger partial charge in [0.1, 0.15) is 17.0 Å². The molecule has 2 heterocycles. The molecule has 15 heteroatoms. The van der Waals surface area contributed by atoms with E-state index in [0.717, 1.165) is 10.6 Å². The van der Waals surface area contributed by atoms with Crippen LogP contribution in [0.15, 0.2) is 16.8 Å². The molecular formula is C14H24N4O8P2S. The van der Waals surface area contributed by atoms with E-state index in [-0.39, 0.29) is 18.4 Å². The number of rotatable bonds is 9. The van der Waals surface area contributed by atoms with Crippen molar-refractivity contribution in [1.29, 1.82) is 0 Å². The molecule has 1 aliphatic heterocycles. The van der Waals surface area contributed by atoms with E-state index in [1.165, 1.54) is 11.8 Å². The summed E-state index contributed by atoms with van der Waals surface area (Å²) in [5.74, 6) is 0.886. The van der Waals surface area contributed by atoms with E-state index >= 15 is 0 Å². The number of nitrogen functional groups attached to an aromatic ring is 1. The third-order valence-electron chi connectivity index (χ3n) is 3.97. The number of nitrogens with two attached hydrogens (primary N) is 1. The SMILES string of the molecule is CC1=C(CCOP(=O)(O)OP(=O)(O)O)S[C@H]([C@@H](C)O)N1Cc1cnc(C)nc1N. The molecule has 0 aliphatic carbocycles. The van der Waals surface area contributed by atoms with E-state index in [9.17, 15) is 19.1 Å². The largest absolute Gasteiger partial charge is 0.481 e. The van der Waals surface area contributed by atoms with E-state index in [1.807, 2.05) is 11.8 Å². The fourth-order valence-electron chi connectivity index (χ4n) is 2.68. The molecule has 0 saturated heterocycles. The van der Waals surface area contributed by atoms with Crippen LogP contribution < -0.4 is 5.73 Å². The van der Waals surface area contributed by atoms with Gasteiger partial charge in [0.15, 0.2) is 0 Å². The van der Waals surface area contributed by atoms with Gasteiger partial charge in [0, 0.05) is 35.3 Å². The van der Waals surface area contributed by atoms with Crippen molar-refractivity contribution in [3.8, 4) is 0 Å². The fourth-order valence-corrected chi connectivity index (χ4v) is 5.61. The number of aliphatic hydroxyl groups is 1. The van der Waals surface area contributed by atoms with E-state index in [2.05, 4.69) is 18.8 Å². The lowest BCUT2D eigenvalue weighted by atomic mass is 10.2. The Morgan fingerprint density at radius 2 is 2.00 bits per heavy atom. The zero-order valence-corrected chi connectivity index (χ0v) is 18.6. The van der Waals surface area contributed by atoms with Crippen LogP contribution in [0.3, 0.4) is 0 Å². The quantitative estimate of drug-likeness (QED) is 0.327. The molecule has 2 rings (SSSR count). The molecule has 1 aliphatic rings. The Kier molecular flexibility index (Phi) is 7.88. The molecule has 12 nitrogen and oxygen atoms in total. The first-order valence-electron chi connectivity index (χ1n) is 8.42. The summed E-state index contributed by atoms with van der Waals surface area (Å²) >= 11 is 1.36. The monoisotopic (exact) mass is 470 g/mol. The molecule has 0 aromatic carbocycles. The van der Waals surface area contributed by atoms with E-state index in [0.29, 0.717) is 23.8 Å². The molecule has 0 spiro atoms. The number of aromatic nitrogens is 2. The van der Waals surface area contributed by atoms with Crippen LogP contribution in [0.1, 0.15) is 31.7 Å². The lowest BCUT2D eigenvalue weighted by Gasteiger charge is -2.29. The third kappa shape index (κ3) is 7.02. The fraction of sp³-hybridized carbons (Fsp3) is 0.571. The average Bonchev–Trinajstić information content (AvgIpc) is 2.84. The molecule has 164 valence electrons. The highest BCUT2D eigenvalue weighted by Gasteiger charge is 2.35. The standard InChI is InChI=1S/C14H24N4O8P2S/c1-8-12(4-5-25-28(23,24)26-27(20,21)22)29-14(9(2)19)18(8)7-11-6-16-10(3)17-13(11)15/h6,9,14,19H,4-5,7H2,1-3H3,(H,23,24)(H2,15,16,17)(H2,20,21,22)/t9-,14-/m1/s1. The summed E-state index contributed by atoms with van der Waals surface area (Å²) in [6.45, 7) is 5.22. The number of aryl methyl sites for hydroxylation is 1. The number of phosphoric acid groups is 2. The highest BCUT2D eigenvalue weighted by molar-refractivity contribution is 8.03. The smallest absolute Gasteiger partial charge is 0.390 e. The number of phosphoric ester groups is 1. The van der Waals surface area contributed by atoms with Gasteiger partial charge in [-0.2, -0.15) is 4.31 Å². The Labute approximate surface area is 172 Å². The number of thioether (sulfide) groups is 1. The van der Waals surface area contributed by atoms with Crippen LogP contribution in [0, 0.1) is 6.92 Å². The second-order valence-corrected chi connectivity index (χ2v) is 10.4. The van der Waals surface area contributed by atoms with Crippen molar-refractivity contribution < 1.29 is 37.8 Å². The van der Waals surface area contributed by atoms with Gasteiger partial charge in [-0.3, -0.25) is 4.52 Å². The van der Waals surface area contributed by atoms with Crippen LogP contribution in [0.5, 0.6) is 0 Å². The van der Waals surface area contributed by atoms with Crippen molar-refractivity contribution in [3.63, 3.8) is 0 Å². The van der Waals surface area contributed by atoms with Gasteiger partial charge in [-0.25, -0.2) is 19.1 Å². The first kappa shape index (κ1) is 24.3. The molecule has 0 radical (unpaired) electrons. The zero-order valence-electron chi connectivity index (χ0n) is 16.0. The van der Waals surface area contributed by atoms with Crippen molar-refractivity contribution in [1.82, 2.24) is 14.9 Å². The molecule has 0 bridgehead atoms. The summed E-state index contributed by atoms with van der Waals surface area (Å²) in [6.07, 6.45) is 1.09. The summed E-state index contributed by atoms with van der Waals surface area (Å²) in [5, 5.41) is 9.82. The van der Waals surface area contributed by atoms with Gasteiger partial charge in [0.25, 0.3) is 0 Å². The number of allylic oxidation sites excluding steroid dienone is 1. The zero-order chi connectivity index (χ0) is 22.0. The normalized spacial score (nSPS) is 20.8. The van der Waals surface area contributed by atoms with Crippen molar-refractivity contribution >= 4 is 33.2 Å². The van der Waals surface area contributed by atoms with Gasteiger partial charge in [-0.1, -0.05) is 0 Å². The highest BCUT2D eigenvalue weighted by atomic mass is 32.2. The first-order valence-corrected chi connectivity index (χ1v) is 12.3. The van der Waals surface area contributed by atoms with Crippen molar-refractivity contribution in [3.05, 3.63) is 28.2 Å². The van der Waals surface area contributed by atoms with Crippen LogP contribution in [0.4, 0.5) is 5.82 Å². The van der Waals surface area contributed by atoms with Gasteiger partial charge < -0.3 is 30.4 Å². The van der Waals surface area contributed by atoms with Crippen LogP contribution in [-0.4, -0.2) is 52.7 Å². The average molecular weight is 470 g/mol. The maximum atomic E-state index is 11.5. The first-order chi connectivity index (χ1) is 13.3. The molecule has 1 aromatic heterocycles. The molecule has 6 N–H and O–H groups in total. The second kappa shape index (κ2) is 9.42. The molecule has 1 aromatic rings. The summed E-state index contributed by atoms with van der Waals surface area (Å²) in [5.41, 5.74) is 7.45. The summed E-state index contributed by atoms with van der Waals surface area (Å²) in [4.78, 5) is 37.6. The van der Waals surface area contributed by atoms with Gasteiger partial charge in [-0.15, -0.1) is 11.8 Å². The number of anilines is 1. The molecule has 0 amide bonds.